The Kier molecular flexibility index (Phi) is 3.73. The Bertz CT molecular complexity index is 644. The average Bonchev–Trinajstić information content (AvgIpc) is 3.10. The molecular weight excluding hydrogens is 262 g/mol. The van der Waals surface area contributed by atoms with Gasteiger partial charge in [0.1, 0.15) is 0 Å². The summed E-state index contributed by atoms with van der Waals surface area (Å²) in [6.45, 7) is 4.16. The van der Waals surface area contributed by atoms with Gasteiger partial charge in [0.2, 0.25) is 0 Å². The predicted molar refractivity (Wildman–Crippen MR) is 84.5 cm³/mol. The van der Waals surface area contributed by atoms with Gasteiger partial charge < -0.3 is 11.1 Å². The summed E-state index contributed by atoms with van der Waals surface area (Å²) in [6, 6.07) is 10.5. The molecule has 0 saturated heterocycles. The molecule has 21 heavy (non-hydrogen) atoms. The molecule has 0 radical (unpaired) electrons. The summed E-state index contributed by atoms with van der Waals surface area (Å²) in [5.74, 6) is 0.942. The highest BCUT2D eigenvalue weighted by Gasteiger charge is 2.39. The van der Waals surface area contributed by atoms with E-state index < -0.39 is 0 Å². The number of aliphatic imine (C=N–C) groups is 1. The third-order valence-corrected chi connectivity index (χ3v) is 3.57. The number of hydrogen-bond donors (Lipinski definition) is 2. The highest BCUT2D eigenvalue weighted by molar-refractivity contribution is 5.78. The van der Waals surface area contributed by atoms with Gasteiger partial charge in [-0.05, 0) is 24.1 Å². The molecule has 1 aliphatic carbocycles. The molecule has 5 nitrogen and oxygen atoms in total. The number of para-hydroxylation sites is 1. The Morgan fingerprint density at radius 2 is 2.29 bits per heavy atom. The standard InChI is InChI=1S/C16H19N5/c1-2-8-18-16(17)20-15-9-14(15)12-10-19-21(11-12)13-6-4-3-5-7-13/h2-7,10-11,14-15H,1,8-9H2,(H3,17,18,20)/t14-,15+/m0/s1. The van der Waals surface area contributed by atoms with Crippen LogP contribution in [0.4, 0.5) is 0 Å². The van der Waals surface area contributed by atoms with Gasteiger partial charge in [0.15, 0.2) is 5.96 Å². The lowest BCUT2D eigenvalue weighted by Crippen LogP contribution is -2.34. The van der Waals surface area contributed by atoms with Gasteiger partial charge in [0.25, 0.3) is 0 Å². The normalized spacial score (nSPS) is 21.0. The molecule has 0 bridgehead atoms. The van der Waals surface area contributed by atoms with Crippen molar-refractivity contribution in [1.29, 1.82) is 0 Å². The van der Waals surface area contributed by atoms with Gasteiger partial charge in [-0.15, -0.1) is 6.58 Å². The van der Waals surface area contributed by atoms with Gasteiger partial charge in [-0.25, -0.2) is 9.67 Å². The highest BCUT2D eigenvalue weighted by Crippen LogP contribution is 2.40. The summed E-state index contributed by atoms with van der Waals surface area (Å²) in [5, 5.41) is 7.65. The van der Waals surface area contributed by atoms with Gasteiger partial charge in [-0.1, -0.05) is 24.3 Å². The van der Waals surface area contributed by atoms with Gasteiger partial charge in [-0.3, -0.25) is 0 Å². The van der Waals surface area contributed by atoms with E-state index in [0.29, 0.717) is 24.5 Å². The van der Waals surface area contributed by atoms with Crippen molar-refractivity contribution >= 4 is 5.96 Å². The Balaban J connectivity index is 1.63. The van der Waals surface area contributed by atoms with Crippen LogP contribution in [0.25, 0.3) is 5.69 Å². The van der Waals surface area contributed by atoms with E-state index in [0.717, 1.165) is 12.1 Å². The molecule has 3 rings (SSSR count). The fraction of sp³-hybridized carbons (Fsp3) is 0.250. The van der Waals surface area contributed by atoms with Crippen LogP contribution >= 0.6 is 0 Å². The summed E-state index contributed by atoms with van der Waals surface area (Å²) < 4.78 is 1.90. The zero-order chi connectivity index (χ0) is 14.7. The molecule has 1 saturated carbocycles. The van der Waals surface area contributed by atoms with E-state index in [4.69, 9.17) is 5.73 Å². The maximum absolute atomic E-state index is 5.81. The number of hydrogen-bond acceptors (Lipinski definition) is 2. The van der Waals surface area contributed by atoms with Crippen LogP contribution in [0.15, 0.2) is 60.4 Å². The summed E-state index contributed by atoms with van der Waals surface area (Å²) in [5.41, 5.74) is 8.11. The molecule has 1 aromatic heterocycles. The number of aromatic nitrogens is 2. The lowest BCUT2D eigenvalue weighted by molar-refractivity contribution is 0.852. The number of benzene rings is 1. The average molecular weight is 281 g/mol. The second-order valence-electron chi connectivity index (χ2n) is 5.16. The smallest absolute Gasteiger partial charge is 0.189 e. The van der Waals surface area contributed by atoms with Gasteiger partial charge in [0, 0.05) is 18.2 Å². The fourth-order valence-corrected chi connectivity index (χ4v) is 2.37. The number of rotatable bonds is 5. The molecule has 3 N–H and O–H groups in total. The van der Waals surface area contributed by atoms with E-state index in [1.54, 1.807) is 6.08 Å². The van der Waals surface area contributed by atoms with E-state index in [9.17, 15) is 0 Å². The molecule has 0 unspecified atom stereocenters. The summed E-state index contributed by atoms with van der Waals surface area (Å²) >= 11 is 0. The van der Waals surface area contributed by atoms with Crippen LogP contribution in [-0.4, -0.2) is 28.3 Å². The molecular formula is C16H19N5. The molecule has 0 amide bonds. The number of nitrogens with two attached hydrogens (primary N) is 1. The van der Waals surface area contributed by atoms with Crippen molar-refractivity contribution in [3.8, 4) is 5.69 Å². The summed E-state index contributed by atoms with van der Waals surface area (Å²) in [6.07, 6.45) is 6.79. The summed E-state index contributed by atoms with van der Waals surface area (Å²) in [4.78, 5) is 4.15. The third-order valence-electron chi connectivity index (χ3n) is 3.57. The summed E-state index contributed by atoms with van der Waals surface area (Å²) in [7, 11) is 0. The highest BCUT2D eigenvalue weighted by atomic mass is 15.3. The Labute approximate surface area is 124 Å². The maximum Gasteiger partial charge on any atom is 0.189 e. The van der Waals surface area contributed by atoms with Crippen LogP contribution in [0.3, 0.4) is 0 Å². The van der Waals surface area contributed by atoms with Crippen LogP contribution in [0.5, 0.6) is 0 Å². The minimum absolute atomic E-state index is 0.354. The van der Waals surface area contributed by atoms with E-state index in [-0.39, 0.29) is 0 Å². The lowest BCUT2D eigenvalue weighted by Gasteiger charge is -2.03. The first-order chi connectivity index (χ1) is 10.3. The SMILES string of the molecule is C=CCN=C(N)N[C@@H]1C[C@H]1c1cnn(-c2ccccc2)c1. The minimum Gasteiger partial charge on any atom is -0.370 e. The van der Waals surface area contributed by atoms with E-state index in [2.05, 4.69) is 28.2 Å². The molecule has 5 heteroatoms. The second-order valence-corrected chi connectivity index (χ2v) is 5.16. The minimum atomic E-state index is 0.354. The van der Waals surface area contributed by atoms with E-state index in [1.807, 2.05) is 41.2 Å². The monoisotopic (exact) mass is 281 g/mol. The lowest BCUT2D eigenvalue weighted by atomic mass is 10.2. The topological polar surface area (TPSA) is 68.2 Å². The maximum atomic E-state index is 5.81. The number of nitrogens with one attached hydrogen (secondary N) is 1. The van der Waals surface area contributed by atoms with Crippen molar-refractivity contribution in [2.75, 3.05) is 6.54 Å². The van der Waals surface area contributed by atoms with Crippen LogP contribution < -0.4 is 11.1 Å². The van der Waals surface area contributed by atoms with Crippen molar-refractivity contribution in [2.24, 2.45) is 10.7 Å². The molecule has 1 aromatic carbocycles. The molecule has 0 spiro atoms. The molecule has 1 fully saturated rings. The zero-order valence-electron chi connectivity index (χ0n) is 11.8. The van der Waals surface area contributed by atoms with E-state index in [1.165, 1.54) is 5.56 Å². The van der Waals surface area contributed by atoms with Gasteiger partial charge in [-0.2, -0.15) is 5.10 Å². The molecule has 1 aliphatic rings. The van der Waals surface area contributed by atoms with Crippen LogP contribution in [0.1, 0.15) is 17.9 Å². The van der Waals surface area contributed by atoms with Crippen molar-refractivity contribution in [3.63, 3.8) is 0 Å². The first-order valence-electron chi connectivity index (χ1n) is 7.05. The van der Waals surface area contributed by atoms with Crippen LogP contribution in [0, 0.1) is 0 Å². The largest absolute Gasteiger partial charge is 0.370 e. The van der Waals surface area contributed by atoms with Crippen molar-refractivity contribution in [2.45, 2.75) is 18.4 Å². The molecule has 2 aromatic rings. The third kappa shape index (κ3) is 3.13. The molecule has 0 aliphatic heterocycles. The Hall–Kier alpha value is -2.56. The van der Waals surface area contributed by atoms with Crippen molar-refractivity contribution in [3.05, 3.63) is 60.9 Å². The first-order valence-corrected chi connectivity index (χ1v) is 7.05. The van der Waals surface area contributed by atoms with Crippen molar-refractivity contribution < 1.29 is 0 Å². The van der Waals surface area contributed by atoms with Gasteiger partial charge in [0.05, 0.1) is 18.4 Å². The molecule has 108 valence electrons. The molecule has 1 heterocycles. The number of nitrogens with zero attached hydrogens (tertiary/aromatic N) is 3. The van der Waals surface area contributed by atoms with Crippen LogP contribution in [-0.2, 0) is 0 Å². The Morgan fingerprint density at radius 3 is 3.05 bits per heavy atom. The Morgan fingerprint density at radius 1 is 1.48 bits per heavy atom. The van der Waals surface area contributed by atoms with Gasteiger partial charge >= 0.3 is 0 Å². The molecule has 2 atom stereocenters. The first kappa shape index (κ1) is 13.4. The predicted octanol–water partition coefficient (Wildman–Crippen LogP) is 1.82. The van der Waals surface area contributed by atoms with E-state index >= 15 is 0 Å². The second kappa shape index (κ2) is 5.83. The van der Waals surface area contributed by atoms with Crippen LogP contribution in [0.2, 0.25) is 0 Å². The van der Waals surface area contributed by atoms with Crippen molar-refractivity contribution in [1.82, 2.24) is 15.1 Å². The zero-order valence-corrected chi connectivity index (χ0v) is 11.8. The quantitative estimate of drug-likeness (QED) is 0.499. The number of guanidine groups is 1. The fourth-order valence-electron chi connectivity index (χ4n) is 2.37.